The maximum absolute atomic E-state index is 13.0. The summed E-state index contributed by atoms with van der Waals surface area (Å²) in [6, 6.07) is 18.2. The molecule has 1 atom stereocenters. The molecule has 3 aromatic carbocycles. The lowest BCUT2D eigenvalue weighted by Gasteiger charge is -2.22. The molecular weight excluding hydrogens is 448 g/mol. The number of rotatable bonds is 5. The monoisotopic (exact) mass is 468 g/mol. The van der Waals surface area contributed by atoms with Crippen molar-refractivity contribution in [3.05, 3.63) is 94.0 Å². The number of fused-ring (bicyclic) bond motifs is 1. The van der Waals surface area contributed by atoms with Gasteiger partial charge in [-0.15, -0.1) is 0 Å². The summed E-state index contributed by atoms with van der Waals surface area (Å²) in [5, 5.41) is 3.18. The van der Waals surface area contributed by atoms with E-state index < -0.39 is 15.9 Å². The lowest BCUT2D eigenvalue weighted by atomic mass is 10.0. The first-order chi connectivity index (χ1) is 15.1. The normalized spacial score (nSPS) is 15.3. The van der Waals surface area contributed by atoms with Crippen molar-refractivity contribution < 1.29 is 18.0 Å². The van der Waals surface area contributed by atoms with Crippen LogP contribution in [-0.2, 0) is 16.4 Å². The Bertz CT molecular complexity index is 1320. The average Bonchev–Trinajstić information content (AvgIpc) is 3.10. The van der Waals surface area contributed by atoms with Crippen molar-refractivity contribution in [3.8, 4) is 0 Å². The number of hydrogen-bond acceptors (Lipinski definition) is 4. The van der Waals surface area contributed by atoms with Crippen LogP contribution in [0.25, 0.3) is 0 Å². The second-order valence-electron chi connectivity index (χ2n) is 7.79. The Morgan fingerprint density at radius 2 is 1.72 bits per heavy atom. The van der Waals surface area contributed by atoms with Gasteiger partial charge in [-0.1, -0.05) is 41.9 Å². The molecule has 6 nitrogen and oxygen atoms in total. The highest BCUT2D eigenvalue weighted by molar-refractivity contribution is 7.92. The van der Waals surface area contributed by atoms with Gasteiger partial charge in [-0.05, 0) is 55.3 Å². The van der Waals surface area contributed by atoms with Gasteiger partial charge in [-0.3, -0.25) is 13.9 Å². The lowest BCUT2D eigenvalue weighted by molar-refractivity contribution is 0.102. The molecule has 0 fully saturated rings. The summed E-state index contributed by atoms with van der Waals surface area (Å²) in [7, 11) is -3.41. The molecule has 1 aliphatic heterocycles. The third-order valence-electron chi connectivity index (χ3n) is 5.36. The van der Waals surface area contributed by atoms with Crippen molar-refractivity contribution >= 4 is 44.7 Å². The van der Waals surface area contributed by atoms with Gasteiger partial charge in [0.05, 0.1) is 17.6 Å². The molecule has 0 unspecified atom stereocenters. The van der Waals surface area contributed by atoms with Crippen LogP contribution in [0.4, 0.5) is 11.4 Å². The summed E-state index contributed by atoms with van der Waals surface area (Å²) in [5.74, 6) is -0.655. The molecule has 0 bridgehead atoms. The number of ketones is 1. The maximum Gasteiger partial charge on any atom is 0.255 e. The fraction of sp³-hybridized carbons (Fsp3) is 0.167. The van der Waals surface area contributed by atoms with Crippen LogP contribution in [0, 0.1) is 0 Å². The number of carbonyl (C=O) groups excluding carboxylic acids is 2. The molecule has 0 radical (unpaired) electrons. The van der Waals surface area contributed by atoms with Gasteiger partial charge in [-0.25, -0.2) is 8.42 Å². The first kappa shape index (κ1) is 22.0. The fourth-order valence-electron chi connectivity index (χ4n) is 4.00. The van der Waals surface area contributed by atoms with Gasteiger partial charge in [0.2, 0.25) is 10.0 Å². The van der Waals surface area contributed by atoms with Crippen LogP contribution in [-0.4, -0.2) is 32.4 Å². The average molecular weight is 469 g/mol. The van der Waals surface area contributed by atoms with Crippen LogP contribution in [0.3, 0.4) is 0 Å². The van der Waals surface area contributed by atoms with E-state index in [9.17, 15) is 18.0 Å². The Labute approximate surface area is 191 Å². The lowest BCUT2D eigenvalue weighted by Crippen LogP contribution is -2.34. The molecule has 0 aromatic heterocycles. The van der Waals surface area contributed by atoms with Gasteiger partial charge in [0.1, 0.15) is 0 Å². The van der Waals surface area contributed by atoms with Crippen molar-refractivity contribution in [2.24, 2.45) is 0 Å². The second kappa shape index (κ2) is 8.41. The Morgan fingerprint density at radius 1 is 1.00 bits per heavy atom. The predicted molar refractivity (Wildman–Crippen MR) is 126 cm³/mol. The highest BCUT2D eigenvalue weighted by Crippen LogP contribution is 2.35. The zero-order chi connectivity index (χ0) is 23.0. The second-order valence-corrected chi connectivity index (χ2v) is 10.1. The SMILES string of the molecule is C[C@@H]1Cc2cc(C(=O)Nc3ccc(Cl)cc3C(=O)c3ccccc3)ccc2N1S(C)(=O)=O. The van der Waals surface area contributed by atoms with Gasteiger partial charge >= 0.3 is 0 Å². The number of halogens is 1. The maximum atomic E-state index is 13.0. The molecule has 8 heteroatoms. The summed E-state index contributed by atoms with van der Waals surface area (Å²) in [5.41, 5.74) is 2.86. The van der Waals surface area contributed by atoms with E-state index in [1.165, 1.54) is 16.6 Å². The standard InChI is InChI=1S/C24H21ClN2O4S/c1-15-12-18-13-17(8-11-22(18)27(15)32(2,30)31)24(29)26-21-10-9-19(25)14-20(21)23(28)16-6-4-3-5-7-16/h3-11,13-15H,12H2,1-2H3,(H,26,29)/t15-/m1/s1. The highest BCUT2D eigenvalue weighted by atomic mass is 35.5. The summed E-state index contributed by atoms with van der Waals surface area (Å²) in [6.45, 7) is 1.83. The van der Waals surface area contributed by atoms with E-state index in [4.69, 9.17) is 11.6 Å². The smallest absolute Gasteiger partial charge is 0.255 e. The molecule has 1 N–H and O–H groups in total. The van der Waals surface area contributed by atoms with Gasteiger partial charge in [0.25, 0.3) is 5.91 Å². The molecular formula is C24H21ClN2O4S. The molecule has 1 amide bonds. The number of benzene rings is 3. The molecule has 0 saturated heterocycles. The van der Waals surface area contributed by atoms with E-state index in [1.807, 2.05) is 13.0 Å². The van der Waals surface area contributed by atoms with Crippen LogP contribution < -0.4 is 9.62 Å². The Balaban J connectivity index is 1.64. The predicted octanol–water partition coefficient (Wildman–Crippen LogP) is 4.53. The minimum Gasteiger partial charge on any atom is -0.321 e. The largest absolute Gasteiger partial charge is 0.321 e. The van der Waals surface area contributed by atoms with Crippen LogP contribution >= 0.6 is 11.6 Å². The van der Waals surface area contributed by atoms with Crippen LogP contribution in [0.15, 0.2) is 66.7 Å². The van der Waals surface area contributed by atoms with Crippen molar-refractivity contribution in [2.45, 2.75) is 19.4 Å². The molecule has 3 aromatic rings. The van der Waals surface area contributed by atoms with E-state index >= 15 is 0 Å². The number of nitrogens with zero attached hydrogens (tertiary/aromatic N) is 1. The molecule has 4 rings (SSSR count). The molecule has 164 valence electrons. The summed E-state index contributed by atoms with van der Waals surface area (Å²) in [6.07, 6.45) is 1.69. The van der Waals surface area contributed by atoms with Gasteiger partial charge in [0.15, 0.2) is 5.78 Å². The third kappa shape index (κ3) is 4.26. The summed E-state index contributed by atoms with van der Waals surface area (Å²) < 4.78 is 25.6. The number of anilines is 2. The minimum absolute atomic E-state index is 0.218. The Hall–Kier alpha value is -3.16. The molecule has 0 saturated carbocycles. The van der Waals surface area contributed by atoms with Crippen molar-refractivity contribution in [3.63, 3.8) is 0 Å². The number of amides is 1. The van der Waals surface area contributed by atoms with Crippen molar-refractivity contribution in [1.82, 2.24) is 0 Å². The molecule has 0 spiro atoms. The Kier molecular flexibility index (Phi) is 5.79. The van der Waals surface area contributed by atoms with Crippen LogP contribution in [0.1, 0.15) is 38.8 Å². The molecule has 1 aliphatic rings. The van der Waals surface area contributed by atoms with E-state index in [2.05, 4.69) is 5.32 Å². The zero-order valence-electron chi connectivity index (χ0n) is 17.5. The topological polar surface area (TPSA) is 83.6 Å². The van der Waals surface area contributed by atoms with E-state index in [0.29, 0.717) is 33.9 Å². The quantitative estimate of drug-likeness (QED) is 0.557. The van der Waals surface area contributed by atoms with E-state index in [0.717, 1.165) is 5.56 Å². The van der Waals surface area contributed by atoms with E-state index in [1.54, 1.807) is 54.6 Å². The zero-order valence-corrected chi connectivity index (χ0v) is 19.1. The first-order valence-electron chi connectivity index (χ1n) is 9.98. The Morgan fingerprint density at radius 3 is 2.41 bits per heavy atom. The van der Waals surface area contributed by atoms with Crippen LogP contribution in [0.2, 0.25) is 5.02 Å². The molecule has 32 heavy (non-hydrogen) atoms. The van der Waals surface area contributed by atoms with E-state index in [-0.39, 0.29) is 17.4 Å². The summed E-state index contributed by atoms with van der Waals surface area (Å²) >= 11 is 6.11. The van der Waals surface area contributed by atoms with Crippen LogP contribution in [0.5, 0.6) is 0 Å². The first-order valence-corrected chi connectivity index (χ1v) is 12.2. The van der Waals surface area contributed by atoms with Gasteiger partial charge in [0, 0.05) is 27.8 Å². The molecule has 1 heterocycles. The minimum atomic E-state index is -3.41. The number of hydrogen-bond donors (Lipinski definition) is 1. The van der Waals surface area contributed by atoms with Gasteiger partial charge in [-0.2, -0.15) is 0 Å². The van der Waals surface area contributed by atoms with Crippen molar-refractivity contribution in [1.29, 1.82) is 0 Å². The molecule has 0 aliphatic carbocycles. The highest BCUT2D eigenvalue weighted by Gasteiger charge is 2.32. The number of sulfonamides is 1. The number of carbonyl (C=O) groups is 2. The van der Waals surface area contributed by atoms with Crippen molar-refractivity contribution in [2.75, 3.05) is 15.9 Å². The third-order valence-corrected chi connectivity index (χ3v) is 6.87. The number of nitrogens with one attached hydrogen (secondary N) is 1. The fourth-order valence-corrected chi connectivity index (χ4v) is 5.44. The van der Waals surface area contributed by atoms with Gasteiger partial charge < -0.3 is 5.32 Å². The summed E-state index contributed by atoms with van der Waals surface area (Å²) in [4.78, 5) is 26.0.